The maximum atomic E-state index is 13.3. The average Bonchev–Trinajstić information content (AvgIpc) is 2.98. The van der Waals surface area contributed by atoms with Gasteiger partial charge in [0.15, 0.2) is 0 Å². The normalized spacial score (nSPS) is 13.0. The molecule has 0 amide bonds. The molecule has 0 aliphatic rings. The van der Waals surface area contributed by atoms with Gasteiger partial charge in [-0.25, -0.2) is 4.39 Å². The highest BCUT2D eigenvalue weighted by Gasteiger charge is 2.22. The van der Waals surface area contributed by atoms with Gasteiger partial charge in [0.2, 0.25) is 0 Å². The second-order valence-electron chi connectivity index (χ2n) is 5.19. The molecule has 1 atom stereocenters. The molecule has 1 unspecified atom stereocenters. The highest BCUT2D eigenvalue weighted by atomic mass is 19.1. The van der Waals surface area contributed by atoms with Crippen LogP contribution in [0.15, 0.2) is 39.2 Å². The van der Waals surface area contributed by atoms with Crippen molar-refractivity contribution in [2.75, 3.05) is 6.54 Å². The van der Waals surface area contributed by atoms with Gasteiger partial charge in [-0.2, -0.15) is 0 Å². The number of aryl methyl sites for hydroxylation is 2. The summed E-state index contributed by atoms with van der Waals surface area (Å²) in [5, 5.41) is 4.17. The van der Waals surface area contributed by atoms with Gasteiger partial charge in [0.05, 0.1) is 6.04 Å². The number of benzene rings is 1. The van der Waals surface area contributed by atoms with E-state index in [-0.39, 0.29) is 11.9 Å². The van der Waals surface area contributed by atoms with Crippen LogP contribution in [0.4, 0.5) is 4.39 Å². The van der Waals surface area contributed by atoms with E-state index in [1.807, 2.05) is 32.9 Å². The lowest BCUT2D eigenvalue weighted by atomic mass is 10.0. The molecule has 110 valence electrons. The predicted molar refractivity (Wildman–Crippen MR) is 79.9 cm³/mol. The van der Waals surface area contributed by atoms with Crippen LogP contribution in [-0.4, -0.2) is 6.54 Å². The number of furan rings is 2. The first-order valence-corrected chi connectivity index (χ1v) is 7.07. The summed E-state index contributed by atoms with van der Waals surface area (Å²) in [6.45, 7) is 6.69. The molecule has 0 saturated heterocycles. The zero-order chi connectivity index (χ0) is 15.0. The molecule has 0 aliphatic carbocycles. The Hall–Kier alpha value is -2.07. The van der Waals surface area contributed by atoms with Gasteiger partial charge in [-0.15, -0.1) is 0 Å². The quantitative estimate of drug-likeness (QED) is 0.768. The van der Waals surface area contributed by atoms with Gasteiger partial charge in [-0.05, 0) is 50.7 Å². The lowest BCUT2D eigenvalue weighted by molar-refractivity contribution is 0.461. The molecule has 3 nitrogen and oxygen atoms in total. The van der Waals surface area contributed by atoms with Crippen LogP contribution in [0.3, 0.4) is 0 Å². The number of hydrogen-bond donors (Lipinski definition) is 1. The average molecular weight is 287 g/mol. The Morgan fingerprint density at radius 3 is 2.62 bits per heavy atom. The van der Waals surface area contributed by atoms with Crippen LogP contribution >= 0.6 is 0 Å². The predicted octanol–water partition coefficient (Wildman–Crippen LogP) is 4.48. The second-order valence-corrected chi connectivity index (χ2v) is 5.19. The highest BCUT2D eigenvalue weighted by Crippen LogP contribution is 2.31. The first-order valence-electron chi connectivity index (χ1n) is 7.07. The van der Waals surface area contributed by atoms with Crippen LogP contribution in [0.25, 0.3) is 11.0 Å². The molecule has 0 bridgehead atoms. The van der Waals surface area contributed by atoms with Crippen LogP contribution in [0, 0.1) is 19.7 Å². The fraction of sp³-hybridized carbons (Fsp3) is 0.294. The first kappa shape index (κ1) is 13.9. The van der Waals surface area contributed by atoms with Crippen LogP contribution in [0.1, 0.15) is 35.8 Å². The summed E-state index contributed by atoms with van der Waals surface area (Å²) in [7, 11) is 0. The summed E-state index contributed by atoms with van der Waals surface area (Å²) in [5.74, 6) is 2.24. The molecule has 1 N–H and O–H groups in total. The largest absolute Gasteiger partial charge is 0.466 e. The molecule has 1 aromatic carbocycles. The topological polar surface area (TPSA) is 38.3 Å². The van der Waals surface area contributed by atoms with E-state index in [0.717, 1.165) is 34.8 Å². The molecule has 0 radical (unpaired) electrons. The Labute approximate surface area is 122 Å². The first-order chi connectivity index (χ1) is 10.1. The smallest absolute Gasteiger partial charge is 0.134 e. The van der Waals surface area contributed by atoms with Gasteiger partial charge in [-0.3, -0.25) is 0 Å². The fourth-order valence-electron chi connectivity index (χ4n) is 2.68. The van der Waals surface area contributed by atoms with Crippen molar-refractivity contribution >= 4 is 11.0 Å². The van der Waals surface area contributed by atoms with E-state index >= 15 is 0 Å². The van der Waals surface area contributed by atoms with E-state index in [9.17, 15) is 4.39 Å². The molecule has 0 spiro atoms. The SMILES string of the molecule is CCNC(c1cc2cc(F)ccc2o1)c1cc(C)oc1C. The van der Waals surface area contributed by atoms with E-state index in [4.69, 9.17) is 8.83 Å². The summed E-state index contributed by atoms with van der Waals surface area (Å²) in [4.78, 5) is 0. The molecule has 3 rings (SSSR count). The molecule has 2 aromatic heterocycles. The lowest BCUT2D eigenvalue weighted by Gasteiger charge is -2.14. The van der Waals surface area contributed by atoms with Crippen molar-refractivity contribution < 1.29 is 13.2 Å². The third-order valence-electron chi connectivity index (χ3n) is 3.58. The standard InChI is InChI=1S/C17H18FNO2/c1-4-19-17(14-7-10(2)20-11(14)3)16-9-12-8-13(18)5-6-15(12)21-16/h5-9,17,19H,4H2,1-3H3. The minimum absolute atomic E-state index is 0.0945. The van der Waals surface area contributed by atoms with Crippen LogP contribution in [0.2, 0.25) is 0 Å². The van der Waals surface area contributed by atoms with Crippen LogP contribution < -0.4 is 5.32 Å². The number of fused-ring (bicyclic) bond motifs is 1. The second kappa shape index (κ2) is 5.37. The molecular formula is C17H18FNO2. The summed E-state index contributed by atoms with van der Waals surface area (Å²) in [6, 6.07) is 8.35. The van der Waals surface area contributed by atoms with E-state index in [1.54, 1.807) is 6.07 Å². The zero-order valence-corrected chi connectivity index (χ0v) is 12.4. The maximum Gasteiger partial charge on any atom is 0.134 e. The monoisotopic (exact) mass is 287 g/mol. The number of hydrogen-bond acceptors (Lipinski definition) is 3. The lowest BCUT2D eigenvalue weighted by Crippen LogP contribution is -2.21. The minimum atomic E-state index is -0.259. The Morgan fingerprint density at radius 1 is 1.14 bits per heavy atom. The van der Waals surface area contributed by atoms with E-state index in [2.05, 4.69) is 5.32 Å². The van der Waals surface area contributed by atoms with Crippen molar-refractivity contribution in [3.63, 3.8) is 0 Å². The molecule has 3 aromatic rings. The van der Waals surface area contributed by atoms with Gasteiger partial charge in [0, 0.05) is 10.9 Å². The third-order valence-corrected chi connectivity index (χ3v) is 3.58. The van der Waals surface area contributed by atoms with Crippen molar-refractivity contribution in [1.29, 1.82) is 0 Å². The zero-order valence-electron chi connectivity index (χ0n) is 12.4. The number of rotatable bonds is 4. The number of nitrogens with one attached hydrogen (secondary N) is 1. The minimum Gasteiger partial charge on any atom is -0.466 e. The van der Waals surface area contributed by atoms with Crippen molar-refractivity contribution in [3.05, 3.63) is 59.0 Å². The van der Waals surface area contributed by atoms with Crippen molar-refractivity contribution in [3.8, 4) is 0 Å². The molecular weight excluding hydrogens is 269 g/mol. The van der Waals surface area contributed by atoms with Crippen molar-refractivity contribution in [2.24, 2.45) is 0 Å². The van der Waals surface area contributed by atoms with Crippen molar-refractivity contribution in [1.82, 2.24) is 5.32 Å². The molecule has 4 heteroatoms. The van der Waals surface area contributed by atoms with E-state index in [0.29, 0.717) is 5.58 Å². The molecule has 21 heavy (non-hydrogen) atoms. The van der Waals surface area contributed by atoms with Gasteiger partial charge < -0.3 is 14.2 Å². The van der Waals surface area contributed by atoms with Crippen LogP contribution in [-0.2, 0) is 0 Å². The number of halogens is 1. The third kappa shape index (κ3) is 2.59. The summed E-state index contributed by atoms with van der Waals surface area (Å²) in [6.07, 6.45) is 0. The summed E-state index contributed by atoms with van der Waals surface area (Å²) < 4.78 is 24.8. The Kier molecular flexibility index (Phi) is 3.55. The van der Waals surface area contributed by atoms with Gasteiger partial charge in [0.1, 0.15) is 28.7 Å². The highest BCUT2D eigenvalue weighted by molar-refractivity contribution is 5.78. The van der Waals surface area contributed by atoms with Crippen LogP contribution in [0.5, 0.6) is 0 Å². The Bertz CT molecular complexity index is 772. The summed E-state index contributed by atoms with van der Waals surface area (Å²) in [5.41, 5.74) is 1.74. The van der Waals surface area contributed by atoms with Gasteiger partial charge in [0.25, 0.3) is 0 Å². The van der Waals surface area contributed by atoms with Gasteiger partial charge in [-0.1, -0.05) is 6.92 Å². The molecule has 0 fully saturated rings. The summed E-state index contributed by atoms with van der Waals surface area (Å²) >= 11 is 0. The molecule has 0 saturated carbocycles. The molecule has 0 aliphatic heterocycles. The van der Waals surface area contributed by atoms with E-state index < -0.39 is 0 Å². The van der Waals surface area contributed by atoms with Gasteiger partial charge >= 0.3 is 0 Å². The van der Waals surface area contributed by atoms with E-state index in [1.165, 1.54) is 12.1 Å². The van der Waals surface area contributed by atoms with Crippen molar-refractivity contribution in [2.45, 2.75) is 26.8 Å². The Morgan fingerprint density at radius 2 is 1.95 bits per heavy atom. The fourth-order valence-corrected chi connectivity index (χ4v) is 2.68. The molecule has 2 heterocycles. The Balaban J connectivity index is 2.08. The maximum absolute atomic E-state index is 13.3.